The fourth-order valence-electron chi connectivity index (χ4n) is 3.86. The number of hydrogen-bond acceptors (Lipinski definition) is 1. The van der Waals surface area contributed by atoms with Gasteiger partial charge in [-0.3, -0.25) is 0 Å². The van der Waals surface area contributed by atoms with Gasteiger partial charge in [-0.05, 0) is 0 Å². The second-order valence-corrected chi connectivity index (χ2v) is 20.1. The van der Waals surface area contributed by atoms with Crippen molar-refractivity contribution in [2.45, 2.75) is 72.6 Å². The van der Waals surface area contributed by atoms with E-state index in [9.17, 15) is 0 Å². The van der Waals surface area contributed by atoms with Crippen molar-refractivity contribution in [3.63, 3.8) is 0 Å². The van der Waals surface area contributed by atoms with E-state index in [-0.39, 0.29) is 0 Å². The standard InChI is InChI=1S/C9H6N.3C4H9.Sn/c1-2-6-9-8(4-1)5-3-7-10-9;3*1-3-4-2;/h1-5,7H;3*1,3-4H2,2H3;. The molecule has 0 bridgehead atoms. The first-order valence-electron chi connectivity index (χ1n) is 9.61. The van der Waals surface area contributed by atoms with Gasteiger partial charge in [-0.2, -0.15) is 0 Å². The van der Waals surface area contributed by atoms with Gasteiger partial charge in [0.05, 0.1) is 0 Å². The molecule has 0 saturated carbocycles. The molecule has 1 heterocycles. The first-order valence-corrected chi connectivity index (χ1v) is 17.1. The summed E-state index contributed by atoms with van der Waals surface area (Å²) in [5.74, 6) is 0. The zero-order chi connectivity index (χ0) is 16.5. The minimum atomic E-state index is -2.37. The Hall–Kier alpha value is -0.571. The summed E-state index contributed by atoms with van der Waals surface area (Å²) in [6.45, 7) is 7.03. The average molecular weight is 418 g/mol. The molecule has 2 rings (SSSR count). The number of hydrogen-bond donors (Lipinski definition) is 0. The molecule has 1 nitrogen and oxygen atoms in total. The van der Waals surface area contributed by atoms with Gasteiger partial charge in [-0.15, -0.1) is 0 Å². The van der Waals surface area contributed by atoms with Gasteiger partial charge in [0.1, 0.15) is 0 Å². The van der Waals surface area contributed by atoms with Crippen molar-refractivity contribution in [1.29, 1.82) is 0 Å². The van der Waals surface area contributed by atoms with E-state index in [0.29, 0.717) is 0 Å². The Bertz CT molecular complexity index is 566. The number of pyridine rings is 1. The summed E-state index contributed by atoms with van der Waals surface area (Å²) in [5.41, 5.74) is 1.33. The van der Waals surface area contributed by atoms with Crippen molar-refractivity contribution in [1.82, 2.24) is 4.98 Å². The summed E-state index contributed by atoms with van der Waals surface area (Å²) >= 11 is -2.37. The molecule has 2 heteroatoms. The molecule has 1 aromatic carbocycles. The molecular formula is C21H33NSn. The second kappa shape index (κ2) is 9.66. The number of rotatable bonds is 10. The third-order valence-corrected chi connectivity index (χ3v) is 20.9. The number of benzene rings is 1. The molecule has 0 saturated heterocycles. The maximum absolute atomic E-state index is 4.82. The molecule has 0 atom stereocenters. The first kappa shape index (κ1) is 18.8. The van der Waals surface area contributed by atoms with Crippen LogP contribution in [0.3, 0.4) is 0 Å². The Balaban J connectivity index is 2.51. The fourth-order valence-corrected chi connectivity index (χ4v) is 20.4. The van der Waals surface area contributed by atoms with Crippen molar-refractivity contribution in [2.75, 3.05) is 0 Å². The Kier molecular flexibility index (Phi) is 7.88. The maximum atomic E-state index is 4.82. The zero-order valence-corrected chi connectivity index (χ0v) is 18.1. The van der Waals surface area contributed by atoms with Crippen LogP contribution in [-0.4, -0.2) is 23.4 Å². The Morgan fingerprint density at radius 1 is 0.783 bits per heavy atom. The number of nitrogens with zero attached hydrogens (tertiary/aromatic N) is 1. The quantitative estimate of drug-likeness (QED) is 0.414. The molecule has 0 aliphatic heterocycles. The Morgan fingerprint density at radius 3 is 1.91 bits per heavy atom. The number of unbranched alkanes of at least 4 members (excludes halogenated alkanes) is 3. The van der Waals surface area contributed by atoms with Gasteiger partial charge in [0.25, 0.3) is 0 Å². The van der Waals surface area contributed by atoms with Crippen LogP contribution in [0.15, 0.2) is 36.5 Å². The van der Waals surface area contributed by atoms with Crippen LogP contribution in [0.5, 0.6) is 0 Å². The van der Waals surface area contributed by atoms with Gasteiger partial charge in [0, 0.05) is 0 Å². The molecule has 23 heavy (non-hydrogen) atoms. The van der Waals surface area contributed by atoms with Gasteiger partial charge < -0.3 is 0 Å². The van der Waals surface area contributed by atoms with Gasteiger partial charge in [-0.25, -0.2) is 0 Å². The second-order valence-electron chi connectivity index (χ2n) is 6.97. The summed E-state index contributed by atoms with van der Waals surface area (Å²) in [6.07, 6.45) is 10.2. The van der Waals surface area contributed by atoms with Crippen molar-refractivity contribution in [3.05, 3.63) is 36.5 Å². The van der Waals surface area contributed by atoms with Crippen molar-refractivity contribution in [3.8, 4) is 0 Å². The van der Waals surface area contributed by atoms with Gasteiger partial charge in [0.15, 0.2) is 0 Å². The first-order chi connectivity index (χ1) is 11.3. The Morgan fingerprint density at radius 2 is 1.35 bits per heavy atom. The van der Waals surface area contributed by atoms with E-state index in [1.165, 1.54) is 62.7 Å². The van der Waals surface area contributed by atoms with E-state index in [1.807, 2.05) is 6.20 Å². The van der Waals surface area contributed by atoms with Crippen LogP contribution in [0.1, 0.15) is 59.3 Å². The summed E-state index contributed by atoms with van der Waals surface area (Å²) in [5, 5.41) is 1.34. The predicted molar refractivity (Wildman–Crippen MR) is 106 cm³/mol. The van der Waals surface area contributed by atoms with E-state index >= 15 is 0 Å². The molecular weight excluding hydrogens is 385 g/mol. The molecule has 0 unspecified atom stereocenters. The van der Waals surface area contributed by atoms with Gasteiger partial charge >= 0.3 is 147 Å². The van der Waals surface area contributed by atoms with Crippen LogP contribution in [-0.2, 0) is 0 Å². The van der Waals surface area contributed by atoms with Gasteiger partial charge in [-0.1, -0.05) is 0 Å². The molecule has 0 N–H and O–H groups in total. The minimum absolute atomic E-state index is 1.33. The Labute approximate surface area is 146 Å². The number of fused-ring (bicyclic) bond motifs is 1. The van der Waals surface area contributed by atoms with E-state index in [1.54, 1.807) is 3.58 Å². The third kappa shape index (κ3) is 4.71. The molecule has 0 fully saturated rings. The molecule has 0 amide bonds. The monoisotopic (exact) mass is 419 g/mol. The van der Waals surface area contributed by atoms with Crippen LogP contribution in [0.25, 0.3) is 10.9 Å². The SMILES string of the molecule is CCC[CH2][Sn]([CH2]CCC)([CH2]CCC)[c]1cccc2cccnc12. The van der Waals surface area contributed by atoms with Crippen LogP contribution in [0.4, 0.5) is 0 Å². The molecule has 2 aromatic rings. The van der Waals surface area contributed by atoms with Crippen LogP contribution in [0.2, 0.25) is 13.3 Å². The summed E-state index contributed by atoms with van der Waals surface area (Å²) in [7, 11) is 0. The van der Waals surface area contributed by atoms with Crippen LogP contribution in [0, 0.1) is 0 Å². The normalized spacial score (nSPS) is 12.0. The average Bonchev–Trinajstić information content (AvgIpc) is 2.61. The van der Waals surface area contributed by atoms with E-state index in [2.05, 4.69) is 51.1 Å². The zero-order valence-electron chi connectivity index (χ0n) is 15.3. The topological polar surface area (TPSA) is 12.9 Å². The van der Waals surface area contributed by atoms with Crippen molar-refractivity contribution >= 4 is 32.9 Å². The predicted octanol–water partition coefficient (Wildman–Crippen LogP) is 6.29. The van der Waals surface area contributed by atoms with E-state index < -0.39 is 18.4 Å². The summed E-state index contributed by atoms with van der Waals surface area (Å²) in [4.78, 5) is 4.82. The number of aromatic nitrogens is 1. The third-order valence-electron chi connectivity index (χ3n) is 5.23. The molecule has 0 spiro atoms. The van der Waals surface area contributed by atoms with E-state index in [0.717, 1.165) is 0 Å². The molecule has 126 valence electrons. The van der Waals surface area contributed by atoms with Crippen molar-refractivity contribution < 1.29 is 0 Å². The van der Waals surface area contributed by atoms with E-state index in [4.69, 9.17) is 4.98 Å². The van der Waals surface area contributed by atoms with Crippen molar-refractivity contribution in [2.24, 2.45) is 0 Å². The van der Waals surface area contributed by atoms with Crippen LogP contribution >= 0.6 is 0 Å². The van der Waals surface area contributed by atoms with Crippen LogP contribution < -0.4 is 3.58 Å². The molecule has 0 aliphatic carbocycles. The fraction of sp³-hybridized carbons (Fsp3) is 0.571. The van der Waals surface area contributed by atoms with Gasteiger partial charge in [0.2, 0.25) is 0 Å². The molecule has 0 aliphatic rings. The molecule has 0 radical (unpaired) electrons. The number of para-hydroxylation sites is 1. The summed E-state index contributed by atoms with van der Waals surface area (Å²) in [6, 6.07) is 11.3. The molecule has 1 aromatic heterocycles. The summed E-state index contributed by atoms with van der Waals surface area (Å²) < 4.78 is 6.26.